The van der Waals surface area contributed by atoms with Gasteiger partial charge >= 0.3 is 0 Å². The van der Waals surface area contributed by atoms with Crippen LogP contribution in [0.25, 0.3) is 9.75 Å². The third kappa shape index (κ3) is 3.66. The first-order valence-corrected chi connectivity index (χ1v) is 9.18. The third-order valence-corrected chi connectivity index (χ3v) is 6.08. The summed E-state index contributed by atoms with van der Waals surface area (Å²) in [7, 11) is 0. The second-order valence-corrected chi connectivity index (χ2v) is 7.48. The Morgan fingerprint density at radius 1 is 1.32 bits per heavy atom. The minimum absolute atomic E-state index is 0.0541. The van der Waals surface area contributed by atoms with E-state index in [1.807, 2.05) is 23.6 Å². The van der Waals surface area contributed by atoms with Crippen LogP contribution >= 0.6 is 22.7 Å². The van der Waals surface area contributed by atoms with Crippen molar-refractivity contribution < 1.29 is 9.90 Å². The Kier molecular flexibility index (Phi) is 5.08. The zero-order chi connectivity index (χ0) is 15.4. The summed E-state index contributed by atoms with van der Waals surface area (Å²) in [6.07, 6.45) is 6.23. The van der Waals surface area contributed by atoms with Gasteiger partial charge in [0.2, 0.25) is 5.91 Å². The average Bonchev–Trinajstić information content (AvgIpc) is 3.23. The molecular weight excluding hydrogens is 314 g/mol. The second-order valence-electron chi connectivity index (χ2n) is 5.42. The Hall–Kier alpha value is -1.43. The molecular formula is C17H19NO2S2. The summed E-state index contributed by atoms with van der Waals surface area (Å²) in [6, 6.07) is 8.07. The van der Waals surface area contributed by atoms with Crippen molar-refractivity contribution in [2.45, 2.75) is 25.4 Å². The molecule has 22 heavy (non-hydrogen) atoms. The van der Waals surface area contributed by atoms with Gasteiger partial charge in [0.1, 0.15) is 6.10 Å². The molecule has 3 nitrogen and oxygen atoms in total. The van der Waals surface area contributed by atoms with Gasteiger partial charge < -0.3 is 10.4 Å². The van der Waals surface area contributed by atoms with Gasteiger partial charge in [-0.15, -0.1) is 22.7 Å². The summed E-state index contributed by atoms with van der Waals surface area (Å²) in [6.45, 7) is 0.281. The van der Waals surface area contributed by atoms with Gasteiger partial charge in [-0.1, -0.05) is 18.2 Å². The Bertz CT molecular complexity index is 645. The van der Waals surface area contributed by atoms with Crippen molar-refractivity contribution >= 4 is 28.6 Å². The SMILES string of the molecule is O=C(NC[C@H](O)c1ccc(-c2cccs2)s1)[C@@H]1CC=CCC1. The topological polar surface area (TPSA) is 49.3 Å². The van der Waals surface area contributed by atoms with Crippen molar-refractivity contribution in [3.63, 3.8) is 0 Å². The van der Waals surface area contributed by atoms with Gasteiger partial charge in [0.15, 0.2) is 0 Å². The lowest BCUT2D eigenvalue weighted by molar-refractivity contribution is -0.125. The van der Waals surface area contributed by atoms with Gasteiger partial charge in [0.25, 0.3) is 0 Å². The van der Waals surface area contributed by atoms with Crippen LogP contribution in [0, 0.1) is 5.92 Å². The van der Waals surface area contributed by atoms with E-state index >= 15 is 0 Å². The fourth-order valence-corrected chi connectivity index (χ4v) is 4.39. The van der Waals surface area contributed by atoms with E-state index in [1.165, 1.54) is 4.88 Å². The monoisotopic (exact) mass is 333 g/mol. The fourth-order valence-electron chi connectivity index (χ4n) is 2.56. The molecule has 0 unspecified atom stereocenters. The van der Waals surface area contributed by atoms with Crippen molar-refractivity contribution in [2.24, 2.45) is 5.92 Å². The number of carbonyl (C=O) groups is 1. The highest BCUT2D eigenvalue weighted by Crippen LogP contribution is 2.33. The first-order chi connectivity index (χ1) is 10.7. The molecule has 2 atom stereocenters. The zero-order valence-electron chi connectivity index (χ0n) is 12.2. The van der Waals surface area contributed by atoms with E-state index in [2.05, 4.69) is 23.5 Å². The van der Waals surface area contributed by atoms with Gasteiger partial charge in [0, 0.05) is 27.1 Å². The lowest BCUT2D eigenvalue weighted by Gasteiger charge is -2.18. The van der Waals surface area contributed by atoms with E-state index in [-0.39, 0.29) is 18.4 Å². The molecule has 2 aromatic rings. The molecule has 1 amide bonds. The first-order valence-electron chi connectivity index (χ1n) is 7.48. The molecule has 0 radical (unpaired) electrons. The molecule has 0 spiro atoms. The molecule has 0 aliphatic heterocycles. The van der Waals surface area contributed by atoms with Crippen molar-refractivity contribution in [2.75, 3.05) is 6.54 Å². The Labute approximate surface area is 138 Å². The lowest BCUT2D eigenvalue weighted by atomic mass is 9.93. The molecule has 0 aromatic carbocycles. The number of hydrogen-bond acceptors (Lipinski definition) is 4. The number of carbonyl (C=O) groups excluding carboxylic acids is 1. The van der Waals surface area contributed by atoms with E-state index in [0.717, 1.165) is 29.0 Å². The summed E-state index contributed by atoms with van der Waals surface area (Å²) in [5.41, 5.74) is 0. The highest BCUT2D eigenvalue weighted by molar-refractivity contribution is 7.21. The van der Waals surface area contributed by atoms with Crippen LogP contribution in [-0.2, 0) is 4.79 Å². The molecule has 1 aliphatic carbocycles. The summed E-state index contributed by atoms with van der Waals surface area (Å²) < 4.78 is 0. The van der Waals surface area contributed by atoms with Crippen LogP contribution in [0.15, 0.2) is 41.8 Å². The Morgan fingerprint density at radius 2 is 2.23 bits per heavy atom. The van der Waals surface area contributed by atoms with E-state index in [4.69, 9.17) is 0 Å². The number of aliphatic hydroxyl groups excluding tert-OH is 1. The average molecular weight is 333 g/mol. The van der Waals surface area contributed by atoms with E-state index in [0.29, 0.717) is 0 Å². The van der Waals surface area contributed by atoms with Crippen LogP contribution in [-0.4, -0.2) is 17.6 Å². The highest BCUT2D eigenvalue weighted by Gasteiger charge is 2.20. The molecule has 0 saturated carbocycles. The maximum atomic E-state index is 12.1. The smallest absolute Gasteiger partial charge is 0.223 e. The number of thiophene rings is 2. The van der Waals surface area contributed by atoms with Crippen LogP contribution in [0.2, 0.25) is 0 Å². The van der Waals surface area contributed by atoms with Crippen molar-refractivity contribution in [3.8, 4) is 9.75 Å². The maximum Gasteiger partial charge on any atom is 0.223 e. The van der Waals surface area contributed by atoms with E-state index in [9.17, 15) is 9.90 Å². The molecule has 2 N–H and O–H groups in total. The highest BCUT2D eigenvalue weighted by atomic mass is 32.1. The van der Waals surface area contributed by atoms with Gasteiger partial charge in [-0.2, -0.15) is 0 Å². The van der Waals surface area contributed by atoms with E-state index in [1.54, 1.807) is 22.7 Å². The molecule has 0 saturated heterocycles. The van der Waals surface area contributed by atoms with Crippen molar-refractivity contribution in [1.82, 2.24) is 5.32 Å². The Morgan fingerprint density at radius 3 is 2.95 bits per heavy atom. The van der Waals surface area contributed by atoms with E-state index < -0.39 is 6.10 Å². The predicted octanol–water partition coefficient (Wildman–Crippen LogP) is 3.98. The van der Waals surface area contributed by atoms with Gasteiger partial charge in [-0.3, -0.25) is 4.79 Å². The zero-order valence-corrected chi connectivity index (χ0v) is 13.8. The molecule has 3 rings (SSSR count). The number of amides is 1. The van der Waals surface area contributed by atoms with Gasteiger partial charge in [-0.25, -0.2) is 0 Å². The van der Waals surface area contributed by atoms with Crippen LogP contribution in [0.4, 0.5) is 0 Å². The molecule has 116 valence electrons. The minimum atomic E-state index is -0.637. The van der Waals surface area contributed by atoms with Gasteiger partial charge in [0.05, 0.1) is 0 Å². The van der Waals surface area contributed by atoms with Crippen molar-refractivity contribution in [1.29, 1.82) is 0 Å². The third-order valence-electron chi connectivity index (χ3n) is 3.83. The minimum Gasteiger partial charge on any atom is -0.386 e. The standard InChI is InChI=1S/C17H19NO2S2/c19-13(11-18-17(20)12-5-2-1-3-6-12)14-8-9-16(22-14)15-7-4-10-21-15/h1-2,4,7-10,12-13,19H,3,5-6,11H2,(H,18,20)/t12-,13+/m1/s1. The number of hydrogen-bond donors (Lipinski definition) is 2. The number of aliphatic hydroxyl groups is 1. The molecule has 0 bridgehead atoms. The summed E-state index contributed by atoms with van der Waals surface area (Å²) in [5.74, 6) is 0.112. The maximum absolute atomic E-state index is 12.1. The predicted molar refractivity (Wildman–Crippen MR) is 92.1 cm³/mol. The summed E-state index contributed by atoms with van der Waals surface area (Å²) in [4.78, 5) is 15.3. The van der Waals surface area contributed by atoms with Gasteiger partial charge in [-0.05, 0) is 42.8 Å². The van der Waals surface area contributed by atoms with Crippen LogP contribution < -0.4 is 5.32 Å². The van der Waals surface area contributed by atoms with Crippen LogP contribution in [0.5, 0.6) is 0 Å². The summed E-state index contributed by atoms with van der Waals surface area (Å²) in [5, 5.41) is 15.2. The molecule has 1 aliphatic rings. The number of allylic oxidation sites excluding steroid dienone is 2. The Balaban J connectivity index is 1.54. The van der Waals surface area contributed by atoms with Crippen LogP contribution in [0.1, 0.15) is 30.2 Å². The quantitative estimate of drug-likeness (QED) is 0.813. The summed E-state index contributed by atoms with van der Waals surface area (Å²) >= 11 is 3.27. The molecule has 0 fully saturated rings. The molecule has 2 heterocycles. The normalized spacial score (nSPS) is 19.0. The molecule has 5 heteroatoms. The fraction of sp³-hybridized carbons (Fsp3) is 0.353. The second kappa shape index (κ2) is 7.22. The van der Waals surface area contributed by atoms with Crippen molar-refractivity contribution in [3.05, 3.63) is 46.7 Å². The largest absolute Gasteiger partial charge is 0.386 e. The lowest BCUT2D eigenvalue weighted by Crippen LogP contribution is -2.34. The number of rotatable bonds is 5. The molecule has 2 aromatic heterocycles. The number of nitrogens with one attached hydrogen (secondary N) is 1. The first kappa shape index (κ1) is 15.5. The van der Waals surface area contributed by atoms with Crippen LogP contribution in [0.3, 0.4) is 0 Å².